The number of benzene rings is 4. The van der Waals surface area contributed by atoms with E-state index in [0.29, 0.717) is 6.54 Å². The third kappa shape index (κ3) is 13.2. The minimum absolute atomic E-state index is 0.0426. The number of hydrogen-bond donors (Lipinski definition) is 0. The van der Waals surface area contributed by atoms with Crippen LogP contribution in [0.1, 0.15) is 117 Å². The van der Waals surface area contributed by atoms with Crippen LogP contribution < -0.4 is 0 Å². The second-order valence-electron chi connectivity index (χ2n) is 19.0. The van der Waals surface area contributed by atoms with Crippen molar-refractivity contribution in [2.24, 2.45) is 17.0 Å². The molecular weight excluding hydrogens is 881 g/mol. The van der Waals surface area contributed by atoms with Crippen LogP contribution in [0.4, 0.5) is 0 Å². The Labute approximate surface area is 431 Å². The first-order valence-electron chi connectivity index (χ1n) is 25.9. The van der Waals surface area contributed by atoms with Crippen LogP contribution >= 0.6 is 11.3 Å². The fraction of sp³-hybridized carbons (Fsp3) is 0.303. The Kier molecular flexibility index (Phi) is 20.3. The first-order valence-corrected chi connectivity index (χ1v) is 26.7. The molecule has 71 heavy (non-hydrogen) atoms. The van der Waals surface area contributed by atoms with Crippen LogP contribution in [0, 0.1) is 0 Å². The van der Waals surface area contributed by atoms with E-state index in [-0.39, 0.29) is 10.8 Å². The highest BCUT2D eigenvalue weighted by Gasteiger charge is 2.24. The molecule has 0 radical (unpaired) electrons. The van der Waals surface area contributed by atoms with Crippen molar-refractivity contribution in [3.8, 4) is 0 Å². The van der Waals surface area contributed by atoms with Crippen molar-refractivity contribution in [3.63, 3.8) is 0 Å². The van der Waals surface area contributed by atoms with E-state index in [4.69, 9.17) is 4.99 Å². The van der Waals surface area contributed by atoms with Crippen molar-refractivity contribution in [1.29, 1.82) is 0 Å². The fourth-order valence-corrected chi connectivity index (χ4v) is 9.71. The minimum atomic E-state index is 0.0426. The van der Waals surface area contributed by atoms with Crippen molar-refractivity contribution in [1.82, 2.24) is 9.13 Å². The summed E-state index contributed by atoms with van der Waals surface area (Å²) in [6.07, 6.45) is 34.1. The molecule has 0 saturated carbocycles. The molecule has 0 saturated heterocycles. The molecule has 9 rings (SSSR count). The number of thiophene rings is 1. The second-order valence-corrected chi connectivity index (χ2v) is 20.2. The van der Waals surface area contributed by atoms with Crippen LogP contribution in [-0.4, -0.2) is 33.8 Å². The van der Waals surface area contributed by atoms with Crippen LogP contribution in [0.5, 0.6) is 0 Å². The average molecular weight is 961 g/mol. The molecule has 0 fully saturated rings. The Bertz CT molecular complexity index is 3230. The van der Waals surface area contributed by atoms with Crippen molar-refractivity contribution in [3.05, 3.63) is 204 Å². The molecule has 0 unspecified atom stereocenters. The van der Waals surface area contributed by atoms with E-state index in [0.717, 1.165) is 37.4 Å². The number of aromatic nitrogens is 2. The summed E-state index contributed by atoms with van der Waals surface area (Å²) in [7, 11) is 2.20. The molecule has 2 aliphatic rings. The third-order valence-electron chi connectivity index (χ3n) is 12.3. The summed E-state index contributed by atoms with van der Waals surface area (Å²) in [4.78, 5) is 11.3. The van der Waals surface area contributed by atoms with Gasteiger partial charge < -0.3 is 4.57 Å². The molecule has 1 aliphatic heterocycles. The smallest absolute Gasteiger partial charge is 0.132 e. The van der Waals surface area contributed by atoms with Gasteiger partial charge in [-0.15, -0.1) is 11.3 Å². The van der Waals surface area contributed by atoms with E-state index in [1.54, 1.807) is 0 Å². The van der Waals surface area contributed by atoms with Crippen molar-refractivity contribution >= 4 is 76.6 Å². The van der Waals surface area contributed by atoms with Crippen molar-refractivity contribution in [2.45, 2.75) is 113 Å². The summed E-state index contributed by atoms with van der Waals surface area (Å²) in [5.74, 6) is 0.917. The molecule has 7 aromatic rings. The van der Waals surface area contributed by atoms with Gasteiger partial charge in [0.2, 0.25) is 0 Å². The molecule has 4 nitrogen and oxygen atoms in total. The number of aliphatic imine (C=N–C) groups is 2. The molecule has 0 spiro atoms. The SMILES string of the molecule is C=C/C=C\C(=NC/C1=C/C=C\CC=CC1)n1c2ccc(C(C)(C)C)cc2c2ccc3c(c4ccc(C(C)(C)C)cc4n3C)c21.C=C/C=C\Cc1cc2cc(C3=NCC=CC=C3)ccc2s1.CC.CC.CC. The molecule has 370 valence electrons. The lowest BCUT2D eigenvalue weighted by Crippen LogP contribution is -2.12. The lowest BCUT2D eigenvalue weighted by Gasteiger charge is -2.19. The van der Waals surface area contributed by atoms with E-state index in [1.807, 2.05) is 83.3 Å². The maximum atomic E-state index is 5.31. The zero-order valence-corrected chi connectivity index (χ0v) is 46.1. The number of hydrogen-bond acceptors (Lipinski definition) is 3. The van der Waals surface area contributed by atoms with Gasteiger partial charge in [0, 0.05) is 55.7 Å². The van der Waals surface area contributed by atoms with Crippen LogP contribution in [0.2, 0.25) is 0 Å². The Morgan fingerprint density at radius 3 is 2.14 bits per heavy atom. The number of allylic oxidation sites excluding steroid dienone is 14. The number of aryl methyl sites for hydroxylation is 1. The van der Waals surface area contributed by atoms with E-state index < -0.39 is 0 Å². The Morgan fingerprint density at radius 1 is 0.704 bits per heavy atom. The number of nitrogens with zero attached hydrogens (tertiary/aromatic N) is 4. The second kappa shape index (κ2) is 26.1. The molecule has 0 amide bonds. The summed E-state index contributed by atoms with van der Waals surface area (Å²) in [6, 6.07) is 27.5. The highest BCUT2D eigenvalue weighted by molar-refractivity contribution is 7.19. The normalized spacial score (nSPS) is 15.1. The summed E-state index contributed by atoms with van der Waals surface area (Å²) in [5, 5.41) is 6.35. The maximum absolute atomic E-state index is 5.31. The molecule has 3 aromatic heterocycles. The lowest BCUT2D eigenvalue weighted by molar-refractivity contribution is 0.590. The Hall–Kier alpha value is -6.56. The van der Waals surface area contributed by atoms with Gasteiger partial charge in [-0.2, -0.15) is 0 Å². The Morgan fingerprint density at radius 2 is 1.41 bits per heavy atom. The molecule has 0 atom stereocenters. The zero-order chi connectivity index (χ0) is 51.7. The van der Waals surface area contributed by atoms with Crippen molar-refractivity contribution < 1.29 is 0 Å². The molecule has 0 N–H and O–H groups in total. The van der Waals surface area contributed by atoms with E-state index in [1.165, 1.54) is 80.8 Å². The Balaban J connectivity index is 0.000000290. The summed E-state index contributed by atoms with van der Waals surface area (Å²) < 4.78 is 6.08. The molecule has 5 heteroatoms. The van der Waals surface area contributed by atoms with E-state index >= 15 is 0 Å². The molecule has 0 bridgehead atoms. The quantitative estimate of drug-likeness (QED) is 0.0630. The fourth-order valence-electron chi connectivity index (χ4n) is 8.69. The van der Waals surface area contributed by atoms with Crippen LogP contribution in [0.25, 0.3) is 53.7 Å². The average Bonchev–Trinajstić information content (AvgIpc) is 3.92. The van der Waals surface area contributed by atoms with Gasteiger partial charge in [0.05, 0.1) is 35.4 Å². The number of fused-ring (bicyclic) bond motifs is 8. The van der Waals surface area contributed by atoms with Gasteiger partial charge in [-0.05, 0) is 100 Å². The highest BCUT2D eigenvalue weighted by atomic mass is 32.1. The molecule has 4 aromatic carbocycles. The molecule has 4 heterocycles. The topological polar surface area (TPSA) is 34.6 Å². The summed E-state index contributed by atoms with van der Waals surface area (Å²) >= 11 is 1.85. The summed E-state index contributed by atoms with van der Waals surface area (Å²) in [6.45, 7) is 34.8. The largest absolute Gasteiger partial charge is 0.344 e. The highest BCUT2D eigenvalue weighted by Crippen LogP contribution is 2.41. The zero-order valence-electron chi connectivity index (χ0n) is 45.2. The molecular formula is C66H80N4S. The van der Waals surface area contributed by atoms with Gasteiger partial charge in [0.25, 0.3) is 0 Å². The predicted molar refractivity (Wildman–Crippen MR) is 322 cm³/mol. The maximum Gasteiger partial charge on any atom is 0.132 e. The van der Waals surface area contributed by atoms with Gasteiger partial charge in [0.15, 0.2) is 0 Å². The van der Waals surface area contributed by atoms with Gasteiger partial charge in [0.1, 0.15) is 5.84 Å². The van der Waals surface area contributed by atoms with Gasteiger partial charge in [-0.1, -0.05) is 206 Å². The number of rotatable bonds is 8. The monoisotopic (exact) mass is 961 g/mol. The standard InChI is InChI=1S/C41H45N3.C19H17NS.3C2H6/c1-9-10-18-37(42-27-28-16-14-12-11-13-15-17-28)44-34-23-20-29(40(2,3)4)25-33(34)31-22-24-35-38(39(31)44)32-21-19-30(41(5,6)7)26-36(32)43(35)8;1-2-3-5-8-17-14-16-13-15(10-11-19(16)21-17)18-9-6-4-7-12-20-18;3*1-2/h9-10,12-16,18-26H,1,11,17,27H2,2-8H3;2-7,9-11,13-14H,1,8,12H2;3*1-2H3/b14-12-,15-13?,18-10-,28-16+,42-37?;5-3-;;;. The third-order valence-corrected chi connectivity index (χ3v) is 13.4. The first kappa shape index (κ1) is 55.4. The first-order chi connectivity index (χ1) is 34.4. The minimum Gasteiger partial charge on any atom is -0.344 e. The van der Waals surface area contributed by atoms with Gasteiger partial charge in [-0.25, -0.2) is 0 Å². The molecule has 1 aliphatic carbocycles. The van der Waals surface area contributed by atoms with E-state index in [9.17, 15) is 0 Å². The van der Waals surface area contributed by atoms with Crippen LogP contribution in [0.15, 0.2) is 193 Å². The van der Waals surface area contributed by atoms with Crippen LogP contribution in [-0.2, 0) is 24.3 Å². The van der Waals surface area contributed by atoms with Crippen molar-refractivity contribution in [2.75, 3.05) is 13.1 Å². The van der Waals surface area contributed by atoms with E-state index in [2.05, 4.69) is 209 Å². The summed E-state index contributed by atoms with van der Waals surface area (Å²) in [5.41, 5.74) is 11.2. The van der Waals surface area contributed by atoms with Gasteiger partial charge >= 0.3 is 0 Å². The predicted octanol–water partition coefficient (Wildman–Crippen LogP) is 19.0. The van der Waals surface area contributed by atoms with Gasteiger partial charge in [-0.3, -0.25) is 14.6 Å². The van der Waals surface area contributed by atoms with Crippen LogP contribution in [0.3, 0.4) is 0 Å². The lowest BCUT2D eigenvalue weighted by atomic mass is 9.86.